The molecule has 0 aliphatic carbocycles. The molecule has 3 heteroatoms. The zero-order valence-electron chi connectivity index (χ0n) is 6.45. The lowest BCUT2D eigenvalue weighted by molar-refractivity contribution is 0.251. The van der Waals surface area contributed by atoms with Crippen molar-refractivity contribution < 1.29 is 9.52 Å². The summed E-state index contributed by atoms with van der Waals surface area (Å²) in [5.74, 6) is 0.544. The van der Waals surface area contributed by atoms with Gasteiger partial charge >= 0.3 is 0 Å². The number of furan rings is 1. The van der Waals surface area contributed by atoms with Crippen LogP contribution in [0.25, 0.3) is 11.0 Å². The number of fused-ring (bicyclic) bond motifs is 1. The van der Waals surface area contributed by atoms with Gasteiger partial charge in [-0.3, -0.25) is 0 Å². The van der Waals surface area contributed by atoms with E-state index < -0.39 is 0 Å². The van der Waals surface area contributed by atoms with Gasteiger partial charge in [-0.15, -0.1) is 0 Å². The zero-order chi connectivity index (χ0) is 8.55. The number of benzene rings is 1. The first kappa shape index (κ1) is 7.18. The average Bonchev–Trinajstić information content (AvgIpc) is 2.49. The largest absolute Gasteiger partial charge is 0.459 e. The maximum Gasteiger partial charge on any atom is 0.136 e. The van der Waals surface area contributed by atoms with Crippen LogP contribution in [0.3, 0.4) is 0 Å². The summed E-state index contributed by atoms with van der Waals surface area (Å²) in [5.41, 5.74) is 7.08. The van der Waals surface area contributed by atoms with Crippen LogP contribution in [0.5, 0.6) is 0 Å². The minimum atomic E-state index is -0.0892. The molecular formula is C9H9NO2. The van der Waals surface area contributed by atoms with Crippen molar-refractivity contribution in [1.82, 2.24) is 0 Å². The highest BCUT2D eigenvalue weighted by molar-refractivity contribution is 5.89. The molecule has 0 spiro atoms. The molecule has 1 aromatic carbocycles. The van der Waals surface area contributed by atoms with E-state index in [1.165, 1.54) is 0 Å². The highest BCUT2D eigenvalue weighted by Crippen LogP contribution is 2.24. The van der Waals surface area contributed by atoms with Crippen LogP contribution in [0.4, 0.5) is 5.69 Å². The number of anilines is 1. The number of hydrogen-bond donors (Lipinski definition) is 2. The molecule has 62 valence electrons. The second-order valence-corrected chi connectivity index (χ2v) is 2.63. The third kappa shape index (κ3) is 0.950. The highest BCUT2D eigenvalue weighted by atomic mass is 16.4. The van der Waals surface area contributed by atoms with Crippen LogP contribution in [-0.4, -0.2) is 5.11 Å². The second-order valence-electron chi connectivity index (χ2n) is 2.63. The van der Waals surface area contributed by atoms with Crippen LogP contribution >= 0.6 is 0 Å². The Morgan fingerprint density at radius 1 is 1.42 bits per heavy atom. The number of nitrogen functional groups attached to an aromatic ring is 1. The molecule has 1 aromatic heterocycles. The third-order valence-corrected chi connectivity index (χ3v) is 1.80. The van der Waals surface area contributed by atoms with E-state index in [1.54, 1.807) is 12.1 Å². The Hall–Kier alpha value is -1.48. The molecule has 12 heavy (non-hydrogen) atoms. The summed E-state index contributed by atoms with van der Waals surface area (Å²) in [6, 6.07) is 7.21. The van der Waals surface area contributed by atoms with Gasteiger partial charge in [-0.25, -0.2) is 0 Å². The van der Waals surface area contributed by atoms with Crippen LogP contribution in [0.2, 0.25) is 0 Å². The molecule has 0 radical (unpaired) electrons. The van der Waals surface area contributed by atoms with Gasteiger partial charge in [0.25, 0.3) is 0 Å². The fourth-order valence-corrected chi connectivity index (χ4v) is 1.21. The highest BCUT2D eigenvalue weighted by Gasteiger charge is 2.03. The summed E-state index contributed by atoms with van der Waals surface area (Å²) in [7, 11) is 0. The Morgan fingerprint density at radius 3 is 2.92 bits per heavy atom. The van der Waals surface area contributed by atoms with E-state index in [2.05, 4.69) is 0 Å². The smallest absolute Gasteiger partial charge is 0.136 e. The standard InChI is InChI=1S/C9H9NO2/c10-8-2-1-3-9-7(8)4-6(5-11)12-9/h1-4,11H,5,10H2. The van der Waals surface area contributed by atoms with E-state index in [4.69, 9.17) is 15.3 Å². The molecule has 2 aromatic rings. The van der Waals surface area contributed by atoms with Crippen LogP contribution in [-0.2, 0) is 6.61 Å². The first-order valence-corrected chi connectivity index (χ1v) is 3.69. The van der Waals surface area contributed by atoms with Gasteiger partial charge in [-0.05, 0) is 18.2 Å². The number of aliphatic hydroxyl groups is 1. The van der Waals surface area contributed by atoms with E-state index in [0.29, 0.717) is 11.4 Å². The van der Waals surface area contributed by atoms with Gasteiger partial charge in [0, 0.05) is 11.1 Å². The summed E-state index contributed by atoms with van der Waals surface area (Å²) < 4.78 is 5.27. The van der Waals surface area contributed by atoms with Crippen molar-refractivity contribution in [1.29, 1.82) is 0 Å². The number of hydrogen-bond acceptors (Lipinski definition) is 3. The predicted octanol–water partition coefficient (Wildman–Crippen LogP) is 1.51. The van der Waals surface area contributed by atoms with Crippen LogP contribution in [0.1, 0.15) is 5.76 Å². The van der Waals surface area contributed by atoms with Crippen molar-refractivity contribution in [3.05, 3.63) is 30.0 Å². The predicted molar refractivity (Wildman–Crippen MR) is 46.5 cm³/mol. The number of nitrogens with two attached hydrogens (primary N) is 1. The molecule has 1 heterocycles. The summed E-state index contributed by atoms with van der Waals surface area (Å²) in [4.78, 5) is 0. The lowest BCUT2D eigenvalue weighted by Gasteiger charge is -1.90. The molecular weight excluding hydrogens is 154 g/mol. The maximum atomic E-state index is 8.79. The number of rotatable bonds is 1. The summed E-state index contributed by atoms with van der Waals surface area (Å²) in [6.45, 7) is -0.0892. The van der Waals surface area contributed by atoms with E-state index in [-0.39, 0.29) is 6.61 Å². The van der Waals surface area contributed by atoms with Crippen molar-refractivity contribution in [3.8, 4) is 0 Å². The van der Waals surface area contributed by atoms with Crippen LogP contribution in [0.15, 0.2) is 28.7 Å². The molecule has 0 saturated carbocycles. The van der Waals surface area contributed by atoms with Gasteiger partial charge in [0.15, 0.2) is 0 Å². The van der Waals surface area contributed by atoms with Crippen molar-refractivity contribution in [3.63, 3.8) is 0 Å². The van der Waals surface area contributed by atoms with Crippen molar-refractivity contribution >= 4 is 16.7 Å². The van der Waals surface area contributed by atoms with Gasteiger partial charge in [0.2, 0.25) is 0 Å². The molecule has 3 nitrogen and oxygen atoms in total. The Kier molecular flexibility index (Phi) is 1.52. The minimum absolute atomic E-state index is 0.0892. The van der Waals surface area contributed by atoms with Gasteiger partial charge in [-0.1, -0.05) is 6.07 Å². The van der Waals surface area contributed by atoms with Gasteiger partial charge in [0.05, 0.1) is 0 Å². The monoisotopic (exact) mass is 163 g/mol. The maximum absolute atomic E-state index is 8.79. The quantitative estimate of drug-likeness (QED) is 0.626. The SMILES string of the molecule is Nc1cccc2oc(CO)cc12. The second kappa shape index (κ2) is 2.53. The first-order chi connectivity index (χ1) is 5.81. The third-order valence-electron chi connectivity index (χ3n) is 1.80. The van der Waals surface area contributed by atoms with Crippen LogP contribution < -0.4 is 5.73 Å². The first-order valence-electron chi connectivity index (χ1n) is 3.69. The van der Waals surface area contributed by atoms with E-state index in [9.17, 15) is 0 Å². The average molecular weight is 163 g/mol. The molecule has 0 amide bonds. The van der Waals surface area contributed by atoms with Crippen molar-refractivity contribution in [2.75, 3.05) is 5.73 Å². The van der Waals surface area contributed by atoms with Crippen molar-refractivity contribution in [2.45, 2.75) is 6.61 Å². The van der Waals surface area contributed by atoms with E-state index >= 15 is 0 Å². The minimum Gasteiger partial charge on any atom is -0.459 e. The van der Waals surface area contributed by atoms with Gasteiger partial charge in [0.1, 0.15) is 18.0 Å². The Balaban J connectivity index is 2.74. The Labute approximate surface area is 69.4 Å². The zero-order valence-corrected chi connectivity index (χ0v) is 6.45. The molecule has 2 rings (SSSR count). The fraction of sp³-hybridized carbons (Fsp3) is 0.111. The summed E-state index contributed by atoms with van der Waals surface area (Å²) in [6.07, 6.45) is 0. The lowest BCUT2D eigenvalue weighted by atomic mass is 10.2. The van der Waals surface area contributed by atoms with E-state index in [1.807, 2.05) is 12.1 Å². The molecule has 0 aliphatic heterocycles. The van der Waals surface area contributed by atoms with Gasteiger partial charge < -0.3 is 15.3 Å². The molecule has 0 saturated heterocycles. The normalized spacial score (nSPS) is 10.8. The van der Waals surface area contributed by atoms with Crippen LogP contribution in [0, 0.1) is 0 Å². The Bertz CT molecular complexity index is 406. The summed E-state index contributed by atoms with van der Waals surface area (Å²) in [5, 5.41) is 9.66. The van der Waals surface area contributed by atoms with Crippen molar-refractivity contribution in [2.24, 2.45) is 0 Å². The van der Waals surface area contributed by atoms with E-state index in [0.717, 1.165) is 11.0 Å². The van der Waals surface area contributed by atoms with Gasteiger partial charge in [-0.2, -0.15) is 0 Å². The molecule has 0 unspecified atom stereocenters. The Morgan fingerprint density at radius 2 is 2.25 bits per heavy atom. The summed E-state index contributed by atoms with van der Waals surface area (Å²) >= 11 is 0. The molecule has 0 atom stereocenters. The molecule has 3 N–H and O–H groups in total. The number of aliphatic hydroxyl groups excluding tert-OH is 1. The molecule has 0 bridgehead atoms. The topological polar surface area (TPSA) is 59.4 Å². The molecule has 0 fully saturated rings. The molecule has 0 aliphatic rings. The fourth-order valence-electron chi connectivity index (χ4n) is 1.21. The lowest BCUT2D eigenvalue weighted by Crippen LogP contribution is -1.82.